The van der Waals surface area contributed by atoms with Gasteiger partial charge in [-0.25, -0.2) is 0 Å². The van der Waals surface area contributed by atoms with Crippen LogP contribution in [0.1, 0.15) is 26.5 Å². The van der Waals surface area contributed by atoms with Crippen LogP contribution in [0.25, 0.3) is 22.2 Å². The molecule has 0 bridgehead atoms. The molecule has 0 amide bonds. The van der Waals surface area contributed by atoms with Crippen LogP contribution in [0.5, 0.6) is 0 Å². The normalized spacial score (nSPS) is 10.8. The third kappa shape index (κ3) is 9.50. The van der Waals surface area contributed by atoms with Gasteiger partial charge in [0.05, 0.1) is 5.69 Å². The van der Waals surface area contributed by atoms with Crippen molar-refractivity contribution >= 4 is 37.2 Å². The Morgan fingerprint density at radius 2 is 1.16 bits per heavy atom. The van der Waals surface area contributed by atoms with Crippen LogP contribution in [-0.2, 0) is 24.9 Å². The molecule has 0 fully saturated rings. The van der Waals surface area contributed by atoms with Gasteiger partial charge in [0, 0.05) is 22.7 Å². The van der Waals surface area contributed by atoms with Gasteiger partial charge in [0.1, 0.15) is 0 Å². The van der Waals surface area contributed by atoms with E-state index < -0.39 is 0 Å². The first-order valence-electron chi connectivity index (χ1n) is 12.5. The van der Waals surface area contributed by atoms with E-state index in [9.17, 15) is 0 Å². The molecule has 0 saturated carbocycles. The molecule has 1 radical (unpaired) electrons. The summed E-state index contributed by atoms with van der Waals surface area (Å²) in [6.45, 7) is 15.5. The molecule has 6 heteroatoms. The predicted octanol–water partition coefficient (Wildman–Crippen LogP) is 7.66. The number of hydrogen-bond donors (Lipinski definition) is 0. The maximum absolute atomic E-state index is 4.47. The SMILES string of the molecule is CC(C)(C)c1cc(-c2nccc3ccccc23)[n-]n1.CP(C)c1ccccc1.CP(C)c1ccccc1.[Ru+]. The number of rotatable bonds is 3. The topological polar surface area (TPSA) is 39.9 Å². The van der Waals surface area contributed by atoms with Gasteiger partial charge in [0.25, 0.3) is 0 Å². The maximum atomic E-state index is 4.47. The van der Waals surface area contributed by atoms with Crippen molar-refractivity contribution in [1.29, 1.82) is 0 Å². The van der Waals surface area contributed by atoms with Gasteiger partial charge < -0.3 is 10.2 Å². The number of aromatic nitrogens is 3. The van der Waals surface area contributed by atoms with Crippen LogP contribution in [0.2, 0.25) is 0 Å². The molecule has 0 spiro atoms. The van der Waals surface area contributed by atoms with Crippen LogP contribution in [0.15, 0.2) is 103 Å². The summed E-state index contributed by atoms with van der Waals surface area (Å²) < 4.78 is 0. The Bertz CT molecular complexity index is 1310. The number of pyridine rings is 1. The molecule has 38 heavy (non-hydrogen) atoms. The van der Waals surface area contributed by atoms with Crippen molar-refractivity contribution < 1.29 is 19.5 Å². The van der Waals surface area contributed by atoms with E-state index in [1.165, 1.54) is 16.0 Å². The minimum atomic E-state index is 0. The monoisotopic (exact) mass is 628 g/mol. The standard InChI is InChI=1S/C16H16N3.2C8H11P.Ru/c1-16(2,3)14-10-13(18-19-14)15-12-7-5-4-6-11(12)8-9-17-15;2*1-9(2)8-6-4-3-5-7-8;/h4-10H,1-3H3;2*3-7H,1-2H3;/q-1;;;+1. The molecule has 2 heterocycles. The molecular formula is C32H38N3P2Ru. The number of hydrogen-bond acceptors (Lipinski definition) is 2. The van der Waals surface area contributed by atoms with Crippen LogP contribution in [0.4, 0.5) is 0 Å². The summed E-state index contributed by atoms with van der Waals surface area (Å²) in [5.41, 5.74) is 2.76. The molecule has 5 rings (SSSR count). The van der Waals surface area contributed by atoms with E-state index in [0.717, 1.165) is 22.5 Å². The average molecular weight is 628 g/mol. The quantitative estimate of drug-likeness (QED) is 0.152. The van der Waals surface area contributed by atoms with Crippen molar-refractivity contribution in [2.24, 2.45) is 0 Å². The molecular weight excluding hydrogens is 589 g/mol. The summed E-state index contributed by atoms with van der Waals surface area (Å²) in [5.74, 6) is 0. The zero-order valence-corrected chi connectivity index (χ0v) is 26.9. The fourth-order valence-corrected chi connectivity index (χ4v) is 5.09. The zero-order chi connectivity index (χ0) is 26.8. The van der Waals surface area contributed by atoms with Crippen LogP contribution >= 0.6 is 15.8 Å². The molecule has 2 aromatic heterocycles. The van der Waals surface area contributed by atoms with Crippen molar-refractivity contribution in [3.05, 3.63) is 109 Å². The molecule has 0 saturated heterocycles. The van der Waals surface area contributed by atoms with E-state index in [-0.39, 0.29) is 40.7 Å². The summed E-state index contributed by atoms with van der Waals surface area (Å²) in [6.07, 6.45) is 1.82. The minimum absolute atomic E-state index is 0. The van der Waals surface area contributed by atoms with Crippen LogP contribution < -0.4 is 15.7 Å². The molecule has 3 nitrogen and oxygen atoms in total. The van der Waals surface area contributed by atoms with Gasteiger partial charge >= 0.3 is 19.5 Å². The van der Waals surface area contributed by atoms with E-state index in [1.807, 2.05) is 30.5 Å². The number of fused-ring (bicyclic) bond motifs is 1. The summed E-state index contributed by atoms with van der Waals surface area (Å²) in [5, 5.41) is 13.8. The molecule has 0 unspecified atom stereocenters. The fraction of sp³-hybridized carbons (Fsp3) is 0.250. The molecule has 199 valence electrons. The molecule has 0 aliphatic carbocycles. The Labute approximate surface area is 244 Å². The van der Waals surface area contributed by atoms with Crippen molar-refractivity contribution in [3.63, 3.8) is 0 Å². The van der Waals surface area contributed by atoms with Crippen LogP contribution in [0, 0.1) is 0 Å². The van der Waals surface area contributed by atoms with Crippen LogP contribution in [0.3, 0.4) is 0 Å². The Hall–Kier alpha value is -2.24. The average Bonchev–Trinajstić information content (AvgIpc) is 3.41. The predicted molar refractivity (Wildman–Crippen MR) is 167 cm³/mol. The number of benzene rings is 3. The summed E-state index contributed by atoms with van der Waals surface area (Å²) in [7, 11) is 0.209. The van der Waals surface area contributed by atoms with Crippen molar-refractivity contribution in [2.75, 3.05) is 26.7 Å². The van der Waals surface area contributed by atoms with E-state index >= 15 is 0 Å². The second-order valence-corrected chi connectivity index (χ2v) is 14.8. The maximum Gasteiger partial charge on any atom is 1.00 e. The largest absolute Gasteiger partial charge is 1.00 e. The molecule has 5 aromatic rings. The van der Waals surface area contributed by atoms with Gasteiger partial charge in [0.2, 0.25) is 0 Å². The third-order valence-corrected chi connectivity index (χ3v) is 8.43. The number of nitrogens with zero attached hydrogens (tertiary/aromatic N) is 3. The van der Waals surface area contributed by atoms with Crippen molar-refractivity contribution in [1.82, 2.24) is 15.2 Å². The zero-order valence-electron chi connectivity index (χ0n) is 23.4. The Kier molecular flexibility index (Phi) is 12.9. The Morgan fingerprint density at radius 3 is 1.61 bits per heavy atom. The molecule has 0 aliphatic heterocycles. The summed E-state index contributed by atoms with van der Waals surface area (Å²) >= 11 is 0. The summed E-state index contributed by atoms with van der Waals surface area (Å²) in [4.78, 5) is 4.47. The van der Waals surface area contributed by atoms with Gasteiger partial charge in [-0.1, -0.05) is 133 Å². The van der Waals surface area contributed by atoms with E-state index in [0.29, 0.717) is 0 Å². The van der Waals surface area contributed by atoms with Crippen LogP contribution in [-0.4, -0.2) is 36.7 Å². The minimum Gasteiger partial charge on any atom is -0.573 e. The fourth-order valence-electron chi connectivity index (χ4n) is 3.55. The van der Waals surface area contributed by atoms with Crippen molar-refractivity contribution in [2.45, 2.75) is 26.2 Å². The second kappa shape index (κ2) is 15.4. The van der Waals surface area contributed by atoms with E-state index in [4.69, 9.17) is 0 Å². The first-order chi connectivity index (χ1) is 17.7. The summed E-state index contributed by atoms with van der Waals surface area (Å²) in [6, 6.07) is 33.5. The molecule has 0 N–H and O–H groups in total. The van der Waals surface area contributed by atoms with E-state index in [1.54, 1.807) is 0 Å². The van der Waals surface area contributed by atoms with Gasteiger partial charge in [0.15, 0.2) is 0 Å². The third-order valence-electron chi connectivity index (χ3n) is 5.77. The first-order valence-corrected chi connectivity index (χ1v) is 16.9. The van der Waals surface area contributed by atoms with Gasteiger partial charge in [-0.05, 0) is 48.7 Å². The Balaban J connectivity index is 0.000000224. The molecule has 0 atom stereocenters. The van der Waals surface area contributed by atoms with Crippen molar-refractivity contribution in [3.8, 4) is 11.4 Å². The second-order valence-electron chi connectivity index (χ2n) is 10.2. The Morgan fingerprint density at radius 1 is 0.658 bits per heavy atom. The van der Waals surface area contributed by atoms with Gasteiger partial charge in [-0.2, -0.15) is 0 Å². The molecule has 3 aromatic carbocycles. The smallest absolute Gasteiger partial charge is 0.573 e. The first kappa shape index (κ1) is 32.0. The van der Waals surface area contributed by atoms with Gasteiger partial charge in [-0.3, -0.25) is 4.98 Å². The van der Waals surface area contributed by atoms with E-state index in [2.05, 4.69) is 135 Å². The molecule has 0 aliphatic rings. The van der Waals surface area contributed by atoms with Gasteiger partial charge in [-0.15, -0.1) is 0 Å².